The number of anilines is 1. The molecular formula is C21H22FN3O4S2. The van der Waals surface area contributed by atoms with Gasteiger partial charge in [0.1, 0.15) is 16.5 Å². The summed E-state index contributed by atoms with van der Waals surface area (Å²) in [6.45, 7) is 4.06. The fraction of sp³-hybridized carbons (Fsp3) is 0.238. The largest absolute Gasteiger partial charge is 0.495 e. The smallest absolute Gasteiger partial charge is 0.257 e. The Hall–Kier alpha value is -2.82. The van der Waals surface area contributed by atoms with Gasteiger partial charge in [0.25, 0.3) is 5.91 Å². The van der Waals surface area contributed by atoms with E-state index in [0.717, 1.165) is 0 Å². The van der Waals surface area contributed by atoms with Gasteiger partial charge in [-0.2, -0.15) is 4.31 Å². The highest BCUT2D eigenvalue weighted by molar-refractivity contribution is 7.89. The first-order chi connectivity index (χ1) is 14.8. The molecule has 3 aromatic rings. The summed E-state index contributed by atoms with van der Waals surface area (Å²) in [6.07, 6.45) is 0. The van der Waals surface area contributed by atoms with Crippen LogP contribution in [0.3, 0.4) is 0 Å². The lowest BCUT2D eigenvalue weighted by Gasteiger charge is -2.20. The molecule has 0 aliphatic heterocycles. The summed E-state index contributed by atoms with van der Waals surface area (Å²) in [4.78, 5) is 17.0. The summed E-state index contributed by atoms with van der Waals surface area (Å²) in [7, 11) is -2.45. The highest BCUT2D eigenvalue weighted by Gasteiger charge is 2.27. The zero-order valence-electron chi connectivity index (χ0n) is 17.3. The van der Waals surface area contributed by atoms with Gasteiger partial charge in [-0.3, -0.25) is 10.1 Å². The molecule has 3 rings (SSSR count). The van der Waals surface area contributed by atoms with Gasteiger partial charge in [-0.15, -0.1) is 11.3 Å². The van der Waals surface area contributed by atoms with Crippen molar-refractivity contribution in [3.05, 3.63) is 59.2 Å². The number of benzene rings is 2. The van der Waals surface area contributed by atoms with E-state index in [1.54, 1.807) is 31.4 Å². The molecule has 164 valence electrons. The van der Waals surface area contributed by atoms with Crippen molar-refractivity contribution < 1.29 is 22.3 Å². The van der Waals surface area contributed by atoms with Crippen molar-refractivity contribution in [3.8, 4) is 17.0 Å². The van der Waals surface area contributed by atoms with E-state index >= 15 is 0 Å². The van der Waals surface area contributed by atoms with Crippen molar-refractivity contribution in [2.75, 3.05) is 25.5 Å². The first kappa shape index (κ1) is 22.9. The molecule has 0 aliphatic carbocycles. The molecule has 1 aromatic heterocycles. The Labute approximate surface area is 184 Å². The minimum atomic E-state index is -3.83. The maximum Gasteiger partial charge on any atom is 0.257 e. The molecule has 31 heavy (non-hydrogen) atoms. The van der Waals surface area contributed by atoms with Crippen molar-refractivity contribution in [2.24, 2.45) is 0 Å². The Morgan fingerprint density at radius 3 is 2.58 bits per heavy atom. The average Bonchev–Trinajstić information content (AvgIpc) is 3.22. The molecule has 2 aromatic carbocycles. The lowest BCUT2D eigenvalue weighted by Crippen LogP contribution is -2.31. The van der Waals surface area contributed by atoms with Crippen LogP contribution in [0.25, 0.3) is 11.3 Å². The number of hydrogen-bond acceptors (Lipinski definition) is 6. The van der Waals surface area contributed by atoms with E-state index in [1.165, 1.54) is 53.1 Å². The maximum atomic E-state index is 13.4. The second-order valence-electron chi connectivity index (χ2n) is 6.46. The van der Waals surface area contributed by atoms with Gasteiger partial charge >= 0.3 is 0 Å². The van der Waals surface area contributed by atoms with Gasteiger partial charge < -0.3 is 4.74 Å². The Morgan fingerprint density at radius 2 is 1.94 bits per heavy atom. The van der Waals surface area contributed by atoms with Crippen LogP contribution in [-0.4, -0.2) is 43.8 Å². The zero-order chi connectivity index (χ0) is 22.6. The molecule has 7 nitrogen and oxygen atoms in total. The fourth-order valence-corrected chi connectivity index (χ4v) is 5.36. The molecule has 0 bridgehead atoms. The van der Waals surface area contributed by atoms with Crippen LogP contribution in [0.15, 0.2) is 52.7 Å². The SMILES string of the molecule is CCN(CC)S(=O)(=O)c1cc(C(=O)Nc2nc(-c3cccc(F)c3)cs2)ccc1OC. The van der Waals surface area contributed by atoms with Gasteiger partial charge in [0.05, 0.1) is 12.8 Å². The number of halogens is 1. The van der Waals surface area contributed by atoms with Gasteiger partial charge in [-0.25, -0.2) is 17.8 Å². The number of amides is 1. The summed E-state index contributed by atoms with van der Waals surface area (Å²) < 4.78 is 45.9. The number of nitrogens with one attached hydrogen (secondary N) is 1. The number of carbonyl (C=O) groups excluding carboxylic acids is 1. The molecule has 10 heteroatoms. The van der Waals surface area contributed by atoms with Crippen molar-refractivity contribution >= 4 is 32.4 Å². The van der Waals surface area contributed by atoms with Crippen LogP contribution in [0.1, 0.15) is 24.2 Å². The summed E-state index contributed by atoms with van der Waals surface area (Å²) in [6, 6.07) is 10.2. The van der Waals surface area contributed by atoms with Gasteiger partial charge in [0, 0.05) is 29.6 Å². The molecule has 0 radical (unpaired) electrons. The second kappa shape index (κ2) is 9.54. The number of aromatic nitrogens is 1. The van der Waals surface area contributed by atoms with E-state index < -0.39 is 15.9 Å². The predicted molar refractivity (Wildman–Crippen MR) is 119 cm³/mol. The highest BCUT2D eigenvalue weighted by atomic mass is 32.2. The van der Waals surface area contributed by atoms with E-state index in [2.05, 4.69) is 10.3 Å². The molecule has 1 amide bonds. The third-order valence-electron chi connectivity index (χ3n) is 4.59. The van der Waals surface area contributed by atoms with Gasteiger partial charge in [0.2, 0.25) is 10.0 Å². The number of sulfonamides is 1. The number of ether oxygens (including phenoxy) is 1. The van der Waals surface area contributed by atoms with Crippen LogP contribution < -0.4 is 10.1 Å². The van der Waals surface area contributed by atoms with E-state index in [-0.39, 0.29) is 22.0 Å². The summed E-state index contributed by atoms with van der Waals surface area (Å²) in [5, 5.41) is 4.68. The molecule has 1 N–H and O–H groups in total. The van der Waals surface area contributed by atoms with E-state index in [9.17, 15) is 17.6 Å². The maximum absolute atomic E-state index is 13.4. The quantitative estimate of drug-likeness (QED) is 0.540. The second-order valence-corrected chi connectivity index (χ2v) is 9.22. The normalized spacial score (nSPS) is 11.5. The summed E-state index contributed by atoms with van der Waals surface area (Å²) in [5.74, 6) is -0.735. The number of nitrogens with zero attached hydrogens (tertiary/aromatic N) is 2. The minimum Gasteiger partial charge on any atom is -0.495 e. The highest BCUT2D eigenvalue weighted by Crippen LogP contribution is 2.29. The molecule has 1 heterocycles. The summed E-state index contributed by atoms with van der Waals surface area (Å²) in [5.41, 5.74) is 1.27. The average molecular weight is 464 g/mol. The van der Waals surface area contributed by atoms with Crippen molar-refractivity contribution in [3.63, 3.8) is 0 Å². The molecule has 0 saturated heterocycles. The van der Waals surface area contributed by atoms with Gasteiger partial charge in [-0.05, 0) is 30.3 Å². The van der Waals surface area contributed by atoms with E-state index in [0.29, 0.717) is 29.5 Å². The van der Waals surface area contributed by atoms with Crippen molar-refractivity contribution in [2.45, 2.75) is 18.7 Å². The number of thiazole rings is 1. The number of hydrogen-bond donors (Lipinski definition) is 1. The van der Waals surface area contributed by atoms with Crippen LogP contribution in [0.5, 0.6) is 5.75 Å². The van der Waals surface area contributed by atoms with Gasteiger partial charge in [-0.1, -0.05) is 26.0 Å². The molecule has 0 fully saturated rings. The van der Waals surface area contributed by atoms with Crippen LogP contribution in [0.4, 0.5) is 9.52 Å². The van der Waals surface area contributed by atoms with Crippen LogP contribution in [0.2, 0.25) is 0 Å². The lowest BCUT2D eigenvalue weighted by atomic mass is 10.2. The zero-order valence-corrected chi connectivity index (χ0v) is 18.9. The molecule has 0 unspecified atom stereocenters. The number of rotatable bonds is 8. The topological polar surface area (TPSA) is 88.6 Å². The van der Waals surface area contributed by atoms with E-state index in [4.69, 9.17) is 4.74 Å². The van der Waals surface area contributed by atoms with E-state index in [1.807, 2.05) is 0 Å². The lowest BCUT2D eigenvalue weighted by molar-refractivity contribution is 0.102. The Morgan fingerprint density at radius 1 is 1.19 bits per heavy atom. The van der Waals surface area contributed by atoms with Crippen LogP contribution >= 0.6 is 11.3 Å². The fourth-order valence-electron chi connectivity index (χ4n) is 3.00. The molecule has 0 saturated carbocycles. The first-order valence-corrected chi connectivity index (χ1v) is 11.8. The third-order valence-corrected chi connectivity index (χ3v) is 7.42. The van der Waals surface area contributed by atoms with Crippen molar-refractivity contribution in [1.29, 1.82) is 0 Å². The monoisotopic (exact) mass is 463 g/mol. The first-order valence-electron chi connectivity index (χ1n) is 9.51. The molecule has 0 aliphatic rings. The van der Waals surface area contributed by atoms with Crippen LogP contribution in [0, 0.1) is 5.82 Å². The summed E-state index contributed by atoms with van der Waals surface area (Å²) >= 11 is 1.19. The number of carbonyl (C=O) groups is 1. The van der Waals surface area contributed by atoms with Crippen LogP contribution in [-0.2, 0) is 10.0 Å². The standard InChI is InChI=1S/C21H22FN3O4S2/c1-4-25(5-2)31(27,28)19-12-15(9-10-18(19)29-3)20(26)24-21-23-17(13-30-21)14-7-6-8-16(22)11-14/h6-13H,4-5H2,1-3H3,(H,23,24,26). The predicted octanol–water partition coefficient (Wildman–Crippen LogP) is 4.24. The Kier molecular flexibility index (Phi) is 7.04. The Balaban J connectivity index is 1.88. The molecule has 0 spiro atoms. The number of methoxy groups -OCH3 is 1. The minimum absolute atomic E-state index is 0.0778. The molecule has 0 atom stereocenters. The van der Waals surface area contributed by atoms with Gasteiger partial charge in [0.15, 0.2) is 5.13 Å². The Bertz CT molecular complexity index is 1190. The van der Waals surface area contributed by atoms with Crippen molar-refractivity contribution in [1.82, 2.24) is 9.29 Å². The molecular weight excluding hydrogens is 441 g/mol. The third kappa shape index (κ3) is 4.92.